The molecule has 0 aliphatic carbocycles. The molecule has 0 aromatic heterocycles. The van der Waals surface area contributed by atoms with E-state index in [9.17, 15) is 9.59 Å². The van der Waals surface area contributed by atoms with Gasteiger partial charge in [-0.05, 0) is 36.6 Å². The number of hydrogen-bond acceptors (Lipinski definition) is 4. The van der Waals surface area contributed by atoms with E-state index in [-0.39, 0.29) is 24.6 Å². The first-order valence-corrected chi connectivity index (χ1v) is 9.11. The standard InChI is InChI=1S/C21H24N2O4/c1-15(17-6-3-2-4-7-17)23-21(25)9-5-8-20(24)22-13-16-10-11-18-19(12-16)27-14-26-18/h2-4,6-7,10-12,15H,5,8-9,13-14H2,1H3,(H,22,24)(H,23,25)/t15-/m1/s1. The minimum Gasteiger partial charge on any atom is -0.454 e. The van der Waals surface area contributed by atoms with Crippen molar-refractivity contribution in [2.75, 3.05) is 6.79 Å². The Kier molecular flexibility index (Phi) is 6.30. The fourth-order valence-corrected chi connectivity index (χ4v) is 2.89. The highest BCUT2D eigenvalue weighted by Gasteiger charge is 2.14. The first-order chi connectivity index (χ1) is 13.1. The molecule has 2 N–H and O–H groups in total. The van der Waals surface area contributed by atoms with E-state index in [0.717, 1.165) is 16.9 Å². The molecule has 6 nitrogen and oxygen atoms in total. The average molecular weight is 368 g/mol. The lowest BCUT2D eigenvalue weighted by molar-refractivity contribution is -0.122. The SMILES string of the molecule is C[C@@H](NC(=O)CCCC(=O)NCc1ccc2c(c1)OCO2)c1ccccc1. The van der Waals surface area contributed by atoms with Crippen LogP contribution in [-0.2, 0) is 16.1 Å². The molecule has 3 rings (SSSR count). The van der Waals surface area contributed by atoms with Crippen LogP contribution in [0.1, 0.15) is 43.4 Å². The Morgan fingerprint density at radius 2 is 1.74 bits per heavy atom. The highest BCUT2D eigenvalue weighted by atomic mass is 16.7. The zero-order valence-corrected chi connectivity index (χ0v) is 15.4. The molecule has 1 aliphatic rings. The second-order valence-corrected chi connectivity index (χ2v) is 6.52. The molecule has 1 heterocycles. The molecule has 0 bridgehead atoms. The van der Waals surface area contributed by atoms with E-state index in [1.807, 2.05) is 55.5 Å². The minimum absolute atomic E-state index is 0.0430. The van der Waals surface area contributed by atoms with Crippen LogP contribution in [0.2, 0.25) is 0 Å². The molecule has 2 aromatic rings. The van der Waals surface area contributed by atoms with Crippen molar-refractivity contribution in [3.63, 3.8) is 0 Å². The van der Waals surface area contributed by atoms with Crippen LogP contribution in [0.3, 0.4) is 0 Å². The van der Waals surface area contributed by atoms with E-state index in [0.29, 0.717) is 31.6 Å². The van der Waals surface area contributed by atoms with E-state index in [4.69, 9.17) is 9.47 Å². The highest BCUT2D eigenvalue weighted by Crippen LogP contribution is 2.32. The van der Waals surface area contributed by atoms with Crippen molar-refractivity contribution >= 4 is 11.8 Å². The number of hydrogen-bond donors (Lipinski definition) is 2. The van der Waals surface area contributed by atoms with Gasteiger partial charge in [-0.25, -0.2) is 0 Å². The number of amides is 2. The van der Waals surface area contributed by atoms with Gasteiger partial charge in [0.05, 0.1) is 6.04 Å². The van der Waals surface area contributed by atoms with Gasteiger partial charge in [0.25, 0.3) is 0 Å². The van der Waals surface area contributed by atoms with Gasteiger partial charge in [-0.15, -0.1) is 0 Å². The molecule has 0 fully saturated rings. The molecule has 0 saturated carbocycles. The summed E-state index contributed by atoms with van der Waals surface area (Å²) in [5.74, 6) is 1.30. The van der Waals surface area contributed by atoms with E-state index in [1.165, 1.54) is 0 Å². The first kappa shape index (κ1) is 18.8. The third-order valence-corrected chi connectivity index (χ3v) is 4.41. The number of rotatable bonds is 8. The van der Waals surface area contributed by atoms with Crippen LogP contribution in [0.4, 0.5) is 0 Å². The van der Waals surface area contributed by atoms with E-state index < -0.39 is 0 Å². The van der Waals surface area contributed by atoms with Crippen molar-refractivity contribution in [3.05, 3.63) is 59.7 Å². The van der Waals surface area contributed by atoms with Gasteiger partial charge in [-0.3, -0.25) is 9.59 Å². The van der Waals surface area contributed by atoms with Crippen LogP contribution in [0.15, 0.2) is 48.5 Å². The van der Waals surface area contributed by atoms with Crippen molar-refractivity contribution in [1.82, 2.24) is 10.6 Å². The van der Waals surface area contributed by atoms with E-state index in [1.54, 1.807) is 0 Å². The third-order valence-electron chi connectivity index (χ3n) is 4.41. The van der Waals surface area contributed by atoms with Crippen molar-refractivity contribution in [1.29, 1.82) is 0 Å². The highest BCUT2D eigenvalue weighted by molar-refractivity contribution is 5.79. The van der Waals surface area contributed by atoms with Crippen molar-refractivity contribution < 1.29 is 19.1 Å². The maximum absolute atomic E-state index is 12.0. The number of ether oxygens (including phenoxy) is 2. The normalized spacial score (nSPS) is 13.1. The Balaban J connectivity index is 1.34. The molecule has 1 atom stereocenters. The number of carbonyl (C=O) groups is 2. The largest absolute Gasteiger partial charge is 0.454 e. The van der Waals surface area contributed by atoms with Crippen molar-refractivity contribution in [2.24, 2.45) is 0 Å². The fourth-order valence-electron chi connectivity index (χ4n) is 2.89. The van der Waals surface area contributed by atoms with Gasteiger partial charge in [-0.2, -0.15) is 0 Å². The second-order valence-electron chi connectivity index (χ2n) is 6.52. The summed E-state index contributed by atoms with van der Waals surface area (Å²) in [4.78, 5) is 24.0. The zero-order chi connectivity index (χ0) is 19.1. The summed E-state index contributed by atoms with van der Waals surface area (Å²) in [6, 6.07) is 15.3. The lowest BCUT2D eigenvalue weighted by Crippen LogP contribution is -2.27. The Labute approximate surface area is 158 Å². The molecule has 0 spiro atoms. The van der Waals surface area contributed by atoms with Gasteiger partial charge in [0.15, 0.2) is 11.5 Å². The van der Waals surface area contributed by atoms with E-state index in [2.05, 4.69) is 10.6 Å². The number of nitrogens with one attached hydrogen (secondary N) is 2. The average Bonchev–Trinajstić information content (AvgIpc) is 3.15. The maximum Gasteiger partial charge on any atom is 0.231 e. The summed E-state index contributed by atoms with van der Waals surface area (Å²) >= 11 is 0. The molecular weight excluding hydrogens is 344 g/mol. The molecule has 27 heavy (non-hydrogen) atoms. The molecule has 6 heteroatoms. The summed E-state index contributed by atoms with van der Waals surface area (Å²) in [5, 5.41) is 5.82. The lowest BCUT2D eigenvalue weighted by Gasteiger charge is -2.14. The van der Waals surface area contributed by atoms with Crippen LogP contribution in [0.5, 0.6) is 11.5 Å². The monoisotopic (exact) mass is 368 g/mol. The Bertz CT molecular complexity index is 792. The van der Waals surface area contributed by atoms with Crippen LogP contribution in [0.25, 0.3) is 0 Å². The van der Waals surface area contributed by atoms with Gasteiger partial charge in [0.2, 0.25) is 18.6 Å². The van der Waals surface area contributed by atoms with Crippen LogP contribution >= 0.6 is 0 Å². The maximum atomic E-state index is 12.0. The van der Waals surface area contributed by atoms with Gasteiger partial charge in [0, 0.05) is 19.4 Å². The lowest BCUT2D eigenvalue weighted by atomic mass is 10.1. The molecule has 0 radical (unpaired) electrons. The molecule has 2 aromatic carbocycles. The summed E-state index contributed by atoms with van der Waals surface area (Å²) in [6.07, 6.45) is 1.16. The molecule has 2 amide bonds. The molecule has 0 saturated heterocycles. The van der Waals surface area contributed by atoms with Crippen molar-refractivity contribution in [2.45, 2.75) is 38.8 Å². The van der Waals surface area contributed by atoms with Crippen LogP contribution < -0.4 is 20.1 Å². The Morgan fingerprint density at radius 1 is 1.00 bits per heavy atom. The van der Waals surface area contributed by atoms with E-state index >= 15 is 0 Å². The number of carbonyl (C=O) groups excluding carboxylic acids is 2. The predicted octanol–water partition coefficient (Wildman–Crippen LogP) is 3.08. The number of fused-ring (bicyclic) bond motifs is 1. The minimum atomic E-state index is -0.0726. The van der Waals surface area contributed by atoms with Crippen molar-refractivity contribution in [3.8, 4) is 11.5 Å². The molecule has 0 unspecified atom stereocenters. The van der Waals surface area contributed by atoms with Gasteiger partial charge < -0.3 is 20.1 Å². The van der Waals surface area contributed by atoms with Gasteiger partial charge in [0.1, 0.15) is 0 Å². The molecule has 142 valence electrons. The van der Waals surface area contributed by atoms with Gasteiger partial charge in [-0.1, -0.05) is 36.4 Å². The number of benzene rings is 2. The quantitative estimate of drug-likeness (QED) is 0.751. The molecular formula is C21H24N2O4. The summed E-state index contributed by atoms with van der Waals surface area (Å²) < 4.78 is 10.6. The Hall–Kier alpha value is -3.02. The Morgan fingerprint density at radius 3 is 2.56 bits per heavy atom. The zero-order valence-electron chi connectivity index (χ0n) is 15.4. The summed E-state index contributed by atoms with van der Waals surface area (Å²) in [7, 11) is 0. The predicted molar refractivity (Wildman–Crippen MR) is 101 cm³/mol. The smallest absolute Gasteiger partial charge is 0.231 e. The fraction of sp³-hybridized carbons (Fsp3) is 0.333. The third kappa shape index (κ3) is 5.48. The molecule has 1 aliphatic heterocycles. The summed E-state index contributed by atoms with van der Waals surface area (Å²) in [5.41, 5.74) is 2.01. The summed E-state index contributed by atoms with van der Waals surface area (Å²) in [6.45, 7) is 2.61. The van der Waals surface area contributed by atoms with Crippen LogP contribution in [-0.4, -0.2) is 18.6 Å². The second kappa shape index (κ2) is 9.07. The first-order valence-electron chi connectivity index (χ1n) is 9.11. The topological polar surface area (TPSA) is 76.7 Å². The van der Waals surface area contributed by atoms with Gasteiger partial charge >= 0.3 is 0 Å². The van der Waals surface area contributed by atoms with Crippen LogP contribution in [0, 0.1) is 0 Å².